The Balaban J connectivity index is 1.54. The number of aliphatic hydroxyl groups is 1. The third-order valence-corrected chi connectivity index (χ3v) is 5.00. The number of thiophene rings is 1. The molecule has 1 fully saturated rings. The minimum Gasteiger partial charge on any atom is -0.384 e. The molecule has 0 aliphatic carbocycles. The minimum absolute atomic E-state index is 0.0800. The van der Waals surface area contributed by atoms with Gasteiger partial charge in [0.05, 0.1) is 9.75 Å². The van der Waals surface area contributed by atoms with Gasteiger partial charge < -0.3 is 10.0 Å². The summed E-state index contributed by atoms with van der Waals surface area (Å²) in [5.74, 6) is 5.54. The molecule has 0 unspecified atom stereocenters. The zero-order valence-corrected chi connectivity index (χ0v) is 14.3. The summed E-state index contributed by atoms with van der Waals surface area (Å²) >= 11 is 1.39. The summed E-state index contributed by atoms with van der Waals surface area (Å²) in [6.45, 7) is 4.06. The normalized spacial score (nSPS) is 15.0. The fourth-order valence-corrected chi connectivity index (χ4v) is 3.60. The Morgan fingerprint density at radius 1 is 1.08 bits per heavy atom. The van der Waals surface area contributed by atoms with Crippen LogP contribution in [-0.4, -0.2) is 53.6 Å². The first-order valence-corrected chi connectivity index (χ1v) is 8.83. The van der Waals surface area contributed by atoms with Gasteiger partial charge in [-0.2, -0.15) is 0 Å². The van der Waals surface area contributed by atoms with E-state index in [0.717, 1.165) is 37.6 Å². The van der Waals surface area contributed by atoms with Gasteiger partial charge in [0, 0.05) is 32.7 Å². The van der Waals surface area contributed by atoms with Gasteiger partial charge in [0.1, 0.15) is 6.61 Å². The standard InChI is InChI=1S/C19H20N2O2S/c22-14-4-7-17-8-9-18(24-17)19(23)21-12-10-20(11-13-21)15-16-5-2-1-3-6-16/h1-3,5-6,8-9,22H,10-15H2. The maximum absolute atomic E-state index is 12.6. The molecule has 1 aliphatic heterocycles. The average Bonchev–Trinajstić information content (AvgIpc) is 3.10. The topological polar surface area (TPSA) is 43.8 Å². The van der Waals surface area contributed by atoms with Crippen LogP contribution in [0.4, 0.5) is 0 Å². The van der Waals surface area contributed by atoms with Crippen LogP contribution in [-0.2, 0) is 6.54 Å². The first kappa shape index (κ1) is 16.7. The fraction of sp³-hybridized carbons (Fsp3) is 0.316. The quantitative estimate of drug-likeness (QED) is 0.870. The predicted molar refractivity (Wildman–Crippen MR) is 95.9 cm³/mol. The molecule has 124 valence electrons. The lowest BCUT2D eigenvalue weighted by molar-refractivity contribution is 0.0633. The summed E-state index contributed by atoms with van der Waals surface area (Å²) < 4.78 is 0. The Bertz CT molecular complexity index is 737. The summed E-state index contributed by atoms with van der Waals surface area (Å²) in [7, 11) is 0. The lowest BCUT2D eigenvalue weighted by Gasteiger charge is -2.34. The molecule has 24 heavy (non-hydrogen) atoms. The maximum atomic E-state index is 12.6. The van der Waals surface area contributed by atoms with Crippen LogP contribution < -0.4 is 0 Å². The molecule has 1 amide bonds. The van der Waals surface area contributed by atoms with Crippen LogP contribution in [0.1, 0.15) is 20.1 Å². The smallest absolute Gasteiger partial charge is 0.264 e. The van der Waals surface area contributed by atoms with Gasteiger partial charge in [-0.15, -0.1) is 11.3 Å². The number of rotatable bonds is 3. The minimum atomic E-state index is -0.162. The number of aliphatic hydroxyl groups excluding tert-OH is 1. The van der Waals surface area contributed by atoms with Gasteiger partial charge >= 0.3 is 0 Å². The molecule has 1 N–H and O–H groups in total. The summed E-state index contributed by atoms with van der Waals surface area (Å²) in [6, 6.07) is 14.1. The summed E-state index contributed by atoms with van der Waals surface area (Å²) in [4.78, 5) is 18.4. The SMILES string of the molecule is O=C(c1ccc(C#CCO)s1)N1CCN(Cc2ccccc2)CC1. The average molecular weight is 340 g/mol. The third-order valence-electron chi connectivity index (χ3n) is 4.02. The van der Waals surface area contributed by atoms with E-state index in [4.69, 9.17) is 5.11 Å². The van der Waals surface area contributed by atoms with Crippen molar-refractivity contribution >= 4 is 17.2 Å². The van der Waals surface area contributed by atoms with Crippen LogP contribution in [0.25, 0.3) is 0 Å². The van der Waals surface area contributed by atoms with E-state index in [1.54, 1.807) is 0 Å². The number of benzene rings is 1. The molecular formula is C19H20N2O2S. The number of hydrogen-bond acceptors (Lipinski definition) is 4. The summed E-state index contributed by atoms with van der Waals surface area (Å²) in [5.41, 5.74) is 1.31. The molecule has 2 heterocycles. The molecule has 0 atom stereocenters. The van der Waals surface area contributed by atoms with Crippen molar-refractivity contribution in [1.29, 1.82) is 0 Å². The van der Waals surface area contributed by atoms with E-state index in [1.165, 1.54) is 16.9 Å². The fourth-order valence-electron chi connectivity index (χ4n) is 2.75. The van der Waals surface area contributed by atoms with Crippen LogP contribution in [0, 0.1) is 11.8 Å². The van der Waals surface area contributed by atoms with Gasteiger partial charge in [-0.3, -0.25) is 9.69 Å². The molecule has 0 spiro atoms. The molecule has 1 aromatic heterocycles. The van der Waals surface area contributed by atoms with Crippen molar-refractivity contribution in [3.63, 3.8) is 0 Å². The van der Waals surface area contributed by atoms with E-state index in [9.17, 15) is 4.79 Å². The molecule has 1 aliphatic rings. The number of hydrogen-bond donors (Lipinski definition) is 1. The molecule has 0 radical (unpaired) electrons. The first-order chi connectivity index (χ1) is 11.8. The Hall–Kier alpha value is -2.13. The Morgan fingerprint density at radius 2 is 1.83 bits per heavy atom. The molecule has 1 saturated heterocycles. The Kier molecular flexibility index (Phi) is 5.65. The van der Waals surface area contributed by atoms with Crippen LogP contribution in [0.15, 0.2) is 42.5 Å². The van der Waals surface area contributed by atoms with Gasteiger partial charge in [-0.05, 0) is 17.7 Å². The monoisotopic (exact) mass is 340 g/mol. The zero-order chi connectivity index (χ0) is 16.8. The molecule has 0 bridgehead atoms. The van der Waals surface area contributed by atoms with Crippen molar-refractivity contribution in [3.05, 3.63) is 57.8 Å². The highest BCUT2D eigenvalue weighted by molar-refractivity contribution is 7.14. The van der Waals surface area contributed by atoms with Gasteiger partial charge in [-0.25, -0.2) is 0 Å². The van der Waals surface area contributed by atoms with E-state index in [-0.39, 0.29) is 12.5 Å². The molecule has 2 aromatic rings. The second kappa shape index (κ2) is 8.11. The second-order valence-corrected chi connectivity index (χ2v) is 6.76. The van der Waals surface area contributed by atoms with E-state index >= 15 is 0 Å². The first-order valence-electron chi connectivity index (χ1n) is 8.01. The van der Waals surface area contributed by atoms with Crippen LogP contribution in [0.5, 0.6) is 0 Å². The Morgan fingerprint density at radius 3 is 2.54 bits per heavy atom. The van der Waals surface area contributed by atoms with Gasteiger partial charge in [0.2, 0.25) is 0 Å². The van der Waals surface area contributed by atoms with Crippen molar-refractivity contribution in [3.8, 4) is 11.8 Å². The maximum Gasteiger partial charge on any atom is 0.264 e. The van der Waals surface area contributed by atoms with E-state index in [2.05, 4.69) is 41.0 Å². The van der Waals surface area contributed by atoms with Crippen LogP contribution in [0.3, 0.4) is 0 Å². The molecule has 4 nitrogen and oxygen atoms in total. The molecule has 3 rings (SSSR count). The highest BCUT2D eigenvalue weighted by atomic mass is 32.1. The van der Waals surface area contributed by atoms with E-state index in [0.29, 0.717) is 4.88 Å². The van der Waals surface area contributed by atoms with E-state index < -0.39 is 0 Å². The number of carbonyl (C=O) groups excluding carboxylic acids is 1. The van der Waals surface area contributed by atoms with Crippen LogP contribution >= 0.6 is 11.3 Å². The summed E-state index contributed by atoms with van der Waals surface area (Å²) in [5, 5.41) is 8.73. The number of amides is 1. The lowest BCUT2D eigenvalue weighted by Crippen LogP contribution is -2.48. The number of carbonyl (C=O) groups is 1. The molecule has 5 heteroatoms. The predicted octanol–water partition coefficient (Wildman–Crippen LogP) is 2.05. The largest absolute Gasteiger partial charge is 0.384 e. The van der Waals surface area contributed by atoms with Crippen LogP contribution in [0.2, 0.25) is 0 Å². The number of piperazine rings is 1. The summed E-state index contributed by atoms with van der Waals surface area (Å²) in [6.07, 6.45) is 0. The third kappa shape index (κ3) is 4.24. The van der Waals surface area contributed by atoms with Crippen molar-refractivity contribution in [2.75, 3.05) is 32.8 Å². The van der Waals surface area contributed by atoms with Crippen molar-refractivity contribution in [1.82, 2.24) is 9.80 Å². The lowest BCUT2D eigenvalue weighted by atomic mass is 10.2. The van der Waals surface area contributed by atoms with Gasteiger partial charge in [0.15, 0.2) is 0 Å². The second-order valence-electron chi connectivity index (χ2n) is 5.68. The molecule has 0 saturated carbocycles. The van der Waals surface area contributed by atoms with E-state index in [1.807, 2.05) is 23.1 Å². The highest BCUT2D eigenvalue weighted by Gasteiger charge is 2.23. The van der Waals surface area contributed by atoms with Gasteiger partial charge in [0.25, 0.3) is 5.91 Å². The molecule has 1 aromatic carbocycles. The highest BCUT2D eigenvalue weighted by Crippen LogP contribution is 2.19. The number of nitrogens with zero attached hydrogens (tertiary/aromatic N) is 2. The van der Waals surface area contributed by atoms with Crippen molar-refractivity contribution < 1.29 is 9.90 Å². The van der Waals surface area contributed by atoms with Crippen molar-refractivity contribution in [2.24, 2.45) is 0 Å². The van der Waals surface area contributed by atoms with Crippen molar-refractivity contribution in [2.45, 2.75) is 6.54 Å². The molecular weight excluding hydrogens is 320 g/mol. The zero-order valence-electron chi connectivity index (χ0n) is 13.4. The Labute approximate surface area is 146 Å². The van der Waals surface area contributed by atoms with Gasteiger partial charge in [-0.1, -0.05) is 42.2 Å².